The van der Waals surface area contributed by atoms with Gasteiger partial charge >= 0.3 is 5.69 Å². The number of fused-ring (bicyclic) bond motifs is 1. The number of anilines is 1. The highest BCUT2D eigenvalue weighted by Crippen LogP contribution is 2.36. The third kappa shape index (κ3) is 1.60. The van der Waals surface area contributed by atoms with E-state index in [0.717, 1.165) is 17.7 Å². The Balaban J connectivity index is 2.50. The average molecular weight is 208 g/mol. The minimum atomic E-state index is -0.427. The number of nitrogens with zero attached hydrogens (tertiary/aromatic N) is 1. The van der Waals surface area contributed by atoms with E-state index in [2.05, 4.69) is 5.32 Å². The van der Waals surface area contributed by atoms with Crippen LogP contribution in [0.25, 0.3) is 0 Å². The van der Waals surface area contributed by atoms with Crippen molar-refractivity contribution in [2.45, 2.75) is 19.4 Å². The first-order valence-electron chi connectivity index (χ1n) is 4.73. The van der Waals surface area contributed by atoms with Gasteiger partial charge in [0, 0.05) is 17.8 Å². The minimum absolute atomic E-state index is 0.0119. The molecule has 0 aromatic heterocycles. The second kappa shape index (κ2) is 3.42. The van der Waals surface area contributed by atoms with Gasteiger partial charge < -0.3 is 10.1 Å². The van der Waals surface area contributed by atoms with E-state index in [1.807, 2.05) is 6.92 Å². The van der Waals surface area contributed by atoms with E-state index in [0.29, 0.717) is 11.8 Å². The molecule has 0 radical (unpaired) electrons. The highest BCUT2D eigenvalue weighted by molar-refractivity contribution is 5.66. The lowest BCUT2D eigenvalue weighted by atomic mass is 10.1. The van der Waals surface area contributed by atoms with Gasteiger partial charge in [-0.05, 0) is 25.0 Å². The second-order valence-electron chi connectivity index (χ2n) is 3.69. The normalized spacial score (nSPS) is 18.1. The van der Waals surface area contributed by atoms with Crippen molar-refractivity contribution in [3.05, 3.63) is 27.8 Å². The van der Waals surface area contributed by atoms with Crippen LogP contribution in [0.1, 0.15) is 12.5 Å². The summed E-state index contributed by atoms with van der Waals surface area (Å²) in [4.78, 5) is 10.3. The molecule has 1 aliphatic heterocycles. The van der Waals surface area contributed by atoms with Crippen LogP contribution in [-0.4, -0.2) is 18.1 Å². The van der Waals surface area contributed by atoms with Crippen molar-refractivity contribution < 1.29 is 9.66 Å². The Labute approximate surface area is 87.2 Å². The van der Waals surface area contributed by atoms with Gasteiger partial charge in [0.15, 0.2) is 5.75 Å². The number of nitrogens with one attached hydrogen (secondary N) is 1. The summed E-state index contributed by atoms with van der Waals surface area (Å²) >= 11 is 0. The molecule has 5 heteroatoms. The molecule has 1 aliphatic rings. The molecule has 5 nitrogen and oxygen atoms in total. The molecule has 2 rings (SSSR count). The van der Waals surface area contributed by atoms with Crippen LogP contribution >= 0.6 is 0 Å². The Morgan fingerprint density at radius 1 is 1.60 bits per heavy atom. The van der Waals surface area contributed by atoms with Crippen LogP contribution < -0.4 is 10.1 Å². The minimum Gasteiger partial charge on any atom is -0.490 e. The fourth-order valence-corrected chi connectivity index (χ4v) is 1.87. The number of nitro benzene ring substituents is 1. The maximum Gasteiger partial charge on any atom is 0.312 e. The molecule has 0 unspecified atom stereocenters. The van der Waals surface area contributed by atoms with Crippen molar-refractivity contribution in [3.8, 4) is 5.75 Å². The highest BCUT2D eigenvalue weighted by atomic mass is 16.6. The SMILES string of the molecule is COc1cc2c(cc1[N+](=O)[O-])N[C@@H](C)C2. The van der Waals surface area contributed by atoms with E-state index in [1.165, 1.54) is 13.2 Å². The van der Waals surface area contributed by atoms with Gasteiger partial charge in [-0.25, -0.2) is 0 Å². The largest absolute Gasteiger partial charge is 0.490 e. The predicted octanol–water partition coefficient (Wildman–Crippen LogP) is 1.96. The molecular formula is C10H12N2O3. The third-order valence-corrected chi connectivity index (χ3v) is 2.53. The topological polar surface area (TPSA) is 64.4 Å². The molecule has 0 fully saturated rings. The predicted molar refractivity (Wildman–Crippen MR) is 56.4 cm³/mol. The monoisotopic (exact) mass is 208 g/mol. The van der Waals surface area contributed by atoms with Crippen molar-refractivity contribution in [2.75, 3.05) is 12.4 Å². The zero-order chi connectivity index (χ0) is 11.0. The lowest BCUT2D eigenvalue weighted by molar-refractivity contribution is -0.385. The summed E-state index contributed by atoms with van der Waals surface area (Å²) in [6.45, 7) is 2.04. The van der Waals surface area contributed by atoms with E-state index in [-0.39, 0.29) is 5.69 Å². The maximum absolute atomic E-state index is 10.8. The smallest absolute Gasteiger partial charge is 0.312 e. The lowest BCUT2D eigenvalue weighted by Crippen LogP contribution is -2.08. The summed E-state index contributed by atoms with van der Waals surface area (Å²) in [7, 11) is 1.44. The first-order valence-corrected chi connectivity index (χ1v) is 4.73. The van der Waals surface area contributed by atoms with Crippen LogP contribution in [0.5, 0.6) is 5.75 Å². The molecule has 1 atom stereocenters. The first-order chi connectivity index (χ1) is 7.11. The van der Waals surface area contributed by atoms with Gasteiger partial charge in [-0.15, -0.1) is 0 Å². The molecule has 15 heavy (non-hydrogen) atoms. The Hall–Kier alpha value is -1.78. The molecule has 0 saturated heterocycles. The summed E-state index contributed by atoms with van der Waals surface area (Å²) < 4.78 is 5.00. The van der Waals surface area contributed by atoms with E-state index in [4.69, 9.17) is 4.74 Å². The van der Waals surface area contributed by atoms with Gasteiger partial charge in [0.2, 0.25) is 0 Å². The Kier molecular flexibility index (Phi) is 2.22. The van der Waals surface area contributed by atoms with E-state index in [1.54, 1.807) is 6.07 Å². The van der Waals surface area contributed by atoms with Gasteiger partial charge in [0.05, 0.1) is 12.0 Å². The molecule has 1 N–H and O–H groups in total. The van der Waals surface area contributed by atoms with Crippen LogP contribution in [-0.2, 0) is 6.42 Å². The summed E-state index contributed by atoms with van der Waals surface area (Å²) in [5, 5.41) is 13.9. The van der Waals surface area contributed by atoms with Gasteiger partial charge in [-0.3, -0.25) is 10.1 Å². The quantitative estimate of drug-likeness (QED) is 0.596. The number of hydrogen-bond acceptors (Lipinski definition) is 4. The van der Waals surface area contributed by atoms with Crippen molar-refractivity contribution in [1.82, 2.24) is 0 Å². The standard InChI is InChI=1S/C10H12N2O3/c1-6-3-7-4-10(15-2)9(12(13)14)5-8(7)11-6/h4-6,11H,3H2,1-2H3/t6-/m0/s1. The molecular weight excluding hydrogens is 196 g/mol. The molecule has 0 aliphatic carbocycles. The zero-order valence-electron chi connectivity index (χ0n) is 8.61. The van der Waals surface area contributed by atoms with Crippen LogP contribution in [0, 0.1) is 10.1 Å². The second-order valence-corrected chi connectivity index (χ2v) is 3.69. The summed E-state index contributed by atoms with van der Waals surface area (Å²) in [6, 6.07) is 3.61. The molecule has 1 heterocycles. The number of nitro groups is 1. The van der Waals surface area contributed by atoms with Gasteiger partial charge in [-0.1, -0.05) is 0 Å². The van der Waals surface area contributed by atoms with E-state index in [9.17, 15) is 10.1 Å². The number of rotatable bonds is 2. The zero-order valence-corrected chi connectivity index (χ0v) is 8.61. The molecule has 1 aromatic rings. The average Bonchev–Trinajstić information content (AvgIpc) is 2.54. The van der Waals surface area contributed by atoms with Gasteiger partial charge in [0.25, 0.3) is 0 Å². The Morgan fingerprint density at radius 2 is 2.33 bits per heavy atom. The molecule has 0 amide bonds. The molecule has 1 aromatic carbocycles. The number of methoxy groups -OCH3 is 1. The molecule has 0 saturated carbocycles. The molecule has 0 bridgehead atoms. The fraction of sp³-hybridized carbons (Fsp3) is 0.400. The fourth-order valence-electron chi connectivity index (χ4n) is 1.87. The van der Waals surface area contributed by atoms with Crippen LogP contribution in [0.3, 0.4) is 0 Å². The lowest BCUT2D eigenvalue weighted by Gasteiger charge is -2.05. The summed E-state index contributed by atoms with van der Waals surface area (Å²) in [5.41, 5.74) is 1.93. The Bertz CT molecular complexity index is 417. The number of ether oxygens (including phenoxy) is 1. The van der Waals surface area contributed by atoms with Crippen LogP contribution in [0.15, 0.2) is 12.1 Å². The number of hydrogen-bond donors (Lipinski definition) is 1. The summed E-state index contributed by atoms with van der Waals surface area (Å²) in [6.07, 6.45) is 0.879. The van der Waals surface area contributed by atoms with Crippen molar-refractivity contribution in [2.24, 2.45) is 0 Å². The van der Waals surface area contributed by atoms with Crippen LogP contribution in [0.4, 0.5) is 11.4 Å². The third-order valence-electron chi connectivity index (χ3n) is 2.53. The summed E-state index contributed by atoms with van der Waals surface area (Å²) in [5.74, 6) is 0.328. The van der Waals surface area contributed by atoms with Crippen LogP contribution in [0.2, 0.25) is 0 Å². The van der Waals surface area contributed by atoms with E-state index < -0.39 is 4.92 Å². The highest BCUT2D eigenvalue weighted by Gasteiger charge is 2.24. The van der Waals surface area contributed by atoms with Crippen molar-refractivity contribution in [3.63, 3.8) is 0 Å². The number of benzene rings is 1. The molecule has 80 valence electrons. The first kappa shape index (κ1) is 9.76. The van der Waals surface area contributed by atoms with E-state index >= 15 is 0 Å². The van der Waals surface area contributed by atoms with Gasteiger partial charge in [0.1, 0.15) is 0 Å². The van der Waals surface area contributed by atoms with Crippen molar-refractivity contribution in [1.29, 1.82) is 0 Å². The molecule has 0 spiro atoms. The Morgan fingerprint density at radius 3 is 2.93 bits per heavy atom. The van der Waals surface area contributed by atoms with Crippen molar-refractivity contribution >= 4 is 11.4 Å². The maximum atomic E-state index is 10.8. The van der Waals surface area contributed by atoms with Gasteiger partial charge in [-0.2, -0.15) is 0 Å².